The molecule has 1 unspecified atom stereocenters. The number of pyridine rings is 1. The number of aromatic nitrogens is 1. The average Bonchev–Trinajstić information content (AvgIpc) is 2.80. The summed E-state index contributed by atoms with van der Waals surface area (Å²) in [7, 11) is -4.46. The molecule has 0 saturated heterocycles. The maximum atomic E-state index is 12.7. The Bertz CT molecular complexity index is 1200. The zero-order valence-electron chi connectivity index (χ0n) is 17.7. The van der Waals surface area contributed by atoms with E-state index in [0.717, 1.165) is 17.7 Å². The lowest BCUT2D eigenvalue weighted by Crippen LogP contribution is -2.35. The van der Waals surface area contributed by atoms with E-state index in [9.17, 15) is 31.5 Å². The predicted molar refractivity (Wildman–Crippen MR) is 117 cm³/mol. The Balaban J connectivity index is 1.62. The number of nitrogens with one attached hydrogen (secondary N) is 1. The van der Waals surface area contributed by atoms with Gasteiger partial charge in [0.1, 0.15) is 5.25 Å². The largest absolute Gasteiger partial charge is 0.416 e. The molecule has 11 heteroatoms. The van der Waals surface area contributed by atoms with Crippen molar-refractivity contribution in [3.8, 4) is 0 Å². The van der Waals surface area contributed by atoms with Crippen molar-refractivity contribution in [1.29, 1.82) is 0 Å². The molecular weight excluding hydrogens is 473 g/mol. The monoisotopic (exact) mass is 494 g/mol. The molecule has 1 aromatic heterocycles. The van der Waals surface area contributed by atoms with Gasteiger partial charge in [-0.3, -0.25) is 9.78 Å². The normalized spacial score (nSPS) is 12.8. The molecule has 1 amide bonds. The highest BCUT2D eigenvalue weighted by Crippen LogP contribution is 2.31. The van der Waals surface area contributed by atoms with Crippen LogP contribution >= 0.6 is 0 Å². The number of carbonyl (C=O) groups excluding carboxylic acids is 1. The maximum Gasteiger partial charge on any atom is 0.416 e. The molecule has 180 valence electrons. The first kappa shape index (κ1) is 25.3. The number of rotatable bonds is 9. The van der Waals surface area contributed by atoms with Crippen molar-refractivity contribution in [3.05, 3.63) is 101 Å². The van der Waals surface area contributed by atoms with Gasteiger partial charge < -0.3 is 9.84 Å². The molecule has 0 aliphatic carbocycles. The molecule has 34 heavy (non-hydrogen) atoms. The summed E-state index contributed by atoms with van der Waals surface area (Å²) in [5.74, 6) is -0.991. The number of benzene rings is 2. The molecule has 0 fully saturated rings. The van der Waals surface area contributed by atoms with Crippen molar-refractivity contribution in [2.75, 3.05) is 6.61 Å². The fourth-order valence-electron chi connectivity index (χ4n) is 3.02. The minimum Gasteiger partial charge on any atom is -0.395 e. The number of alkyl halides is 3. The zero-order valence-corrected chi connectivity index (χ0v) is 18.5. The standard InChI is InChI=1S/C23H21F3N2O5S/c24-23(25,26)19-9-6-17(7-10-19)21(13-29)34(31,32)28-22(30)18-8-11-20(27-12-18)15-33-14-16-4-2-1-3-5-16/h1-12,21,29H,13-15H2,(H,28,30). The Labute approximate surface area is 194 Å². The van der Waals surface area contributed by atoms with Gasteiger partial charge in [-0.2, -0.15) is 13.2 Å². The van der Waals surface area contributed by atoms with E-state index in [-0.39, 0.29) is 17.7 Å². The van der Waals surface area contributed by atoms with Gasteiger partial charge in [0.25, 0.3) is 5.91 Å². The van der Waals surface area contributed by atoms with Crippen molar-refractivity contribution >= 4 is 15.9 Å². The molecular formula is C23H21F3N2O5S. The second kappa shape index (κ2) is 10.8. The molecule has 1 heterocycles. The molecule has 1 atom stereocenters. The van der Waals surface area contributed by atoms with E-state index in [2.05, 4.69) is 4.98 Å². The Kier molecular flexibility index (Phi) is 8.02. The number of aliphatic hydroxyl groups excluding tert-OH is 1. The number of hydrogen-bond acceptors (Lipinski definition) is 6. The van der Waals surface area contributed by atoms with Crippen molar-refractivity contribution in [1.82, 2.24) is 9.71 Å². The van der Waals surface area contributed by atoms with Crippen LogP contribution in [0.1, 0.15) is 38.0 Å². The van der Waals surface area contributed by atoms with Gasteiger partial charge in [0.15, 0.2) is 0 Å². The van der Waals surface area contributed by atoms with E-state index in [4.69, 9.17) is 4.74 Å². The van der Waals surface area contributed by atoms with Crippen LogP contribution in [0.3, 0.4) is 0 Å². The minimum atomic E-state index is -4.59. The molecule has 0 aliphatic rings. The summed E-state index contributed by atoms with van der Waals surface area (Å²) in [5, 5.41) is 7.91. The lowest BCUT2D eigenvalue weighted by molar-refractivity contribution is -0.137. The van der Waals surface area contributed by atoms with Crippen LogP contribution in [0, 0.1) is 0 Å². The molecule has 3 aromatic rings. The van der Waals surface area contributed by atoms with Crippen molar-refractivity contribution in [3.63, 3.8) is 0 Å². The van der Waals surface area contributed by atoms with Crippen LogP contribution in [-0.2, 0) is 34.2 Å². The first-order chi connectivity index (χ1) is 16.1. The molecule has 0 radical (unpaired) electrons. The smallest absolute Gasteiger partial charge is 0.395 e. The van der Waals surface area contributed by atoms with Gasteiger partial charge >= 0.3 is 6.18 Å². The van der Waals surface area contributed by atoms with Gasteiger partial charge in [0, 0.05) is 6.20 Å². The van der Waals surface area contributed by atoms with E-state index in [0.29, 0.717) is 24.4 Å². The average molecular weight is 494 g/mol. The van der Waals surface area contributed by atoms with Crippen molar-refractivity contribution in [2.24, 2.45) is 0 Å². The highest BCUT2D eigenvalue weighted by Gasteiger charge is 2.32. The molecule has 0 bridgehead atoms. The lowest BCUT2D eigenvalue weighted by Gasteiger charge is -2.17. The summed E-state index contributed by atoms with van der Waals surface area (Å²) >= 11 is 0. The number of aliphatic hydroxyl groups is 1. The van der Waals surface area contributed by atoms with Crippen LogP contribution in [0.2, 0.25) is 0 Å². The van der Waals surface area contributed by atoms with Crippen LogP contribution in [0.15, 0.2) is 72.9 Å². The maximum absolute atomic E-state index is 12.7. The predicted octanol–water partition coefficient (Wildman–Crippen LogP) is 3.61. The third kappa shape index (κ3) is 6.62. The van der Waals surface area contributed by atoms with Crippen molar-refractivity contribution in [2.45, 2.75) is 24.6 Å². The Morgan fingerprint density at radius 2 is 1.68 bits per heavy atom. The number of hydrogen-bond donors (Lipinski definition) is 2. The number of amides is 1. The number of nitrogens with zero attached hydrogens (tertiary/aromatic N) is 1. The molecule has 0 aliphatic heterocycles. The summed E-state index contributed by atoms with van der Waals surface area (Å²) < 4.78 is 70.8. The Morgan fingerprint density at radius 3 is 2.24 bits per heavy atom. The fraction of sp³-hybridized carbons (Fsp3) is 0.217. The Hall–Kier alpha value is -3.28. The number of ether oxygens (including phenoxy) is 1. The highest BCUT2D eigenvalue weighted by atomic mass is 32.2. The second-order valence-corrected chi connectivity index (χ2v) is 9.15. The van der Waals surface area contributed by atoms with E-state index in [1.54, 1.807) is 0 Å². The summed E-state index contributed by atoms with van der Waals surface area (Å²) in [5.41, 5.74) is 0.385. The molecule has 2 aromatic carbocycles. The van der Waals surface area contributed by atoms with Gasteiger partial charge in [0.2, 0.25) is 10.0 Å². The molecule has 2 N–H and O–H groups in total. The number of carbonyl (C=O) groups is 1. The first-order valence-electron chi connectivity index (χ1n) is 10.0. The van der Waals surface area contributed by atoms with Gasteiger partial charge in [0.05, 0.1) is 36.6 Å². The van der Waals surface area contributed by atoms with Crippen molar-refractivity contribution < 1.29 is 36.2 Å². The number of halogens is 3. The van der Waals surface area contributed by atoms with E-state index in [1.165, 1.54) is 18.3 Å². The quantitative estimate of drug-likeness (QED) is 0.471. The summed E-state index contributed by atoms with van der Waals surface area (Å²) in [6, 6.07) is 15.7. The Morgan fingerprint density at radius 1 is 1.00 bits per heavy atom. The third-order valence-electron chi connectivity index (χ3n) is 4.83. The molecule has 0 saturated carbocycles. The first-order valence-corrected chi connectivity index (χ1v) is 11.6. The molecule has 3 rings (SSSR count). The molecule has 0 spiro atoms. The second-order valence-electron chi connectivity index (χ2n) is 7.28. The topological polar surface area (TPSA) is 106 Å². The van der Waals surface area contributed by atoms with E-state index in [1.807, 2.05) is 35.1 Å². The van der Waals surface area contributed by atoms with E-state index >= 15 is 0 Å². The number of sulfonamides is 1. The minimum absolute atomic E-state index is 0.0560. The van der Waals surface area contributed by atoms with Gasteiger partial charge in [-0.15, -0.1) is 0 Å². The van der Waals surface area contributed by atoms with Crippen LogP contribution in [0.4, 0.5) is 13.2 Å². The van der Waals surface area contributed by atoms with Gasteiger partial charge in [-0.25, -0.2) is 13.1 Å². The fourth-order valence-corrected chi connectivity index (χ4v) is 4.25. The lowest BCUT2D eigenvalue weighted by atomic mass is 10.1. The van der Waals surface area contributed by atoms with Crippen LogP contribution in [0.25, 0.3) is 0 Å². The van der Waals surface area contributed by atoms with Gasteiger partial charge in [-0.05, 0) is 35.4 Å². The van der Waals surface area contributed by atoms with Crippen LogP contribution < -0.4 is 4.72 Å². The SMILES string of the molecule is O=C(NS(=O)(=O)C(CO)c1ccc(C(F)(F)F)cc1)c1ccc(COCc2ccccc2)nc1. The third-order valence-corrected chi connectivity index (χ3v) is 6.47. The van der Waals surface area contributed by atoms with Crippen LogP contribution in [0.5, 0.6) is 0 Å². The zero-order chi connectivity index (χ0) is 24.8. The molecule has 7 nitrogen and oxygen atoms in total. The van der Waals surface area contributed by atoms with Crippen LogP contribution in [-0.4, -0.2) is 31.0 Å². The summed E-state index contributed by atoms with van der Waals surface area (Å²) in [6.07, 6.45) is -3.41. The summed E-state index contributed by atoms with van der Waals surface area (Å²) in [6.45, 7) is -0.394. The van der Waals surface area contributed by atoms with E-state index < -0.39 is 39.5 Å². The van der Waals surface area contributed by atoms with Gasteiger partial charge in [-0.1, -0.05) is 42.5 Å². The summed E-state index contributed by atoms with van der Waals surface area (Å²) in [4.78, 5) is 16.5. The highest BCUT2D eigenvalue weighted by molar-refractivity contribution is 7.90.